The molecular weight excluding hydrogens is 232 g/mol. The lowest BCUT2D eigenvalue weighted by atomic mass is 10.2. The number of aromatic nitrogens is 1. The Balaban J connectivity index is 2.15. The number of nitrogens with zero attached hydrogens (tertiary/aromatic N) is 1. The number of ether oxygens (including phenoxy) is 1. The van der Waals surface area contributed by atoms with Gasteiger partial charge in [0.2, 0.25) is 0 Å². The molecule has 17 heavy (non-hydrogen) atoms. The predicted molar refractivity (Wildman–Crippen MR) is 71.5 cm³/mol. The van der Waals surface area contributed by atoms with Crippen LogP contribution in [0.25, 0.3) is 10.6 Å². The Morgan fingerprint density at radius 2 is 2.06 bits per heavy atom. The lowest BCUT2D eigenvalue weighted by Gasteiger charge is -2.02. The molecule has 0 atom stereocenters. The molecule has 2 rings (SSSR count). The molecule has 1 aromatic heterocycles. The highest BCUT2D eigenvalue weighted by atomic mass is 32.1. The first-order valence-corrected chi connectivity index (χ1v) is 6.47. The summed E-state index contributed by atoms with van der Waals surface area (Å²) in [6, 6.07) is 8.07. The molecule has 0 radical (unpaired) electrons. The van der Waals surface area contributed by atoms with Crippen molar-refractivity contribution in [3.8, 4) is 16.3 Å². The minimum absolute atomic E-state index is 0.697. The molecule has 90 valence electrons. The van der Waals surface area contributed by atoms with Crippen LogP contribution in [0.3, 0.4) is 0 Å². The van der Waals surface area contributed by atoms with Gasteiger partial charge in [0, 0.05) is 23.2 Å². The Morgan fingerprint density at radius 1 is 1.29 bits per heavy atom. The molecule has 0 aliphatic carbocycles. The largest absolute Gasteiger partial charge is 0.494 e. The summed E-state index contributed by atoms with van der Waals surface area (Å²) in [7, 11) is 1.94. The summed E-state index contributed by atoms with van der Waals surface area (Å²) in [5.74, 6) is 0.906. The number of hydrogen-bond donors (Lipinski definition) is 1. The van der Waals surface area contributed by atoms with Crippen LogP contribution in [0, 0.1) is 0 Å². The molecule has 0 aliphatic heterocycles. The zero-order chi connectivity index (χ0) is 12.1. The molecule has 0 bridgehead atoms. The van der Waals surface area contributed by atoms with Gasteiger partial charge in [-0.25, -0.2) is 4.98 Å². The number of benzene rings is 1. The van der Waals surface area contributed by atoms with Crippen LogP contribution in [0.4, 0.5) is 0 Å². The fraction of sp³-hybridized carbons (Fsp3) is 0.308. The summed E-state index contributed by atoms with van der Waals surface area (Å²) in [5, 5.41) is 4.18. The standard InChI is InChI=1S/C13H16N2OS/c1-3-16-11-6-4-10(5-7-11)13-15-9-12(17-13)8-14-2/h4-7,9,14H,3,8H2,1-2H3. The van der Waals surface area contributed by atoms with E-state index in [1.54, 1.807) is 11.3 Å². The van der Waals surface area contributed by atoms with E-state index in [-0.39, 0.29) is 0 Å². The second-order valence-corrected chi connectivity index (χ2v) is 4.73. The van der Waals surface area contributed by atoms with Crippen LogP contribution >= 0.6 is 11.3 Å². The van der Waals surface area contributed by atoms with E-state index in [4.69, 9.17) is 4.74 Å². The highest BCUT2D eigenvalue weighted by Gasteiger charge is 2.04. The van der Waals surface area contributed by atoms with E-state index in [1.165, 1.54) is 4.88 Å². The summed E-state index contributed by atoms with van der Waals surface area (Å²) in [6.07, 6.45) is 1.92. The van der Waals surface area contributed by atoms with Crippen LogP contribution in [0.15, 0.2) is 30.5 Å². The number of nitrogens with one attached hydrogen (secondary N) is 1. The van der Waals surface area contributed by atoms with E-state index >= 15 is 0 Å². The normalized spacial score (nSPS) is 10.5. The molecule has 0 amide bonds. The van der Waals surface area contributed by atoms with Gasteiger partial charge in [0.15, 0.2) is 0 Å². The summed E-state index contributed by atoms with van der Waals surface area (Å²) in [4.78, 5) is 5.67. The van der Waals surface area contributed by atoms with Crippen molar-refractivity contribution >= 4 is 11.3 Å². The van der Waals surface area contributed by atoms with E-state index in [9.17, 15) is 0 Å². The Labute approximate surface area is 105 Å². The topological polar surface area (TPSA) is 34.1 Å². The molecule has 1 N–H and O–H groups in total. The van der Waals surface area contributed by atoms with Crippen LogP contribution in [-0.4, -0.2) is 18.6 Å². The molecule has 0 unspecified atom stereocenters. The molecule has 0 aliphatic rings. The van der Waals surface area contributed by atoms with Gasteiger partial charge in [-0.05, 0) is 38.2 Å². The second-order valence-electron chi connectivity index (χ2n) is 3.62. The van der Waals surface area contributed by atoms with Gasteiger partial charge in [0.05, 0.1) is 6.61 Å². The zero-order valence-electron chi connectivity index (χ0n) is 10.1. The molecule has 0 fully saturated rings. The third-order valence-corrected chi connectivity index (χ3v) is 3.36. The van der Waals surface area contributed by atoms with Gasteiger partial charge in [0.1, 0.15) is 10.8 Å². The minimum Gasteiger partial charge on any atom is -0.494 e. The highest BCUT2D eigenvalue weighted by Crippen LogP contribution is 2.26. The van der Waals surface area contributed by atoms with E-state index in [0.29, 0.717) is 6.61 Å². The first kappa shape index (κ1) is 12.1. The van der Waals surface area contributed by atoms with Crippen molar-refractivity contribution in [2.75, 3.05) is 13.7 Å². The van der Waals surface area contributed by atoms with Crippen molar-refractivity contribution in [1.29, 1.82) is 0 Å². The average molecular weight is 248 g/mol. The molecule has 1 heterocycles. The van der Waals surface area contributed by atoms with Crippen molar-refractivity contribution in [2.45, 2.75) is 13.5 Å². The van der Waals surface area contributed by atoms with Crippen molar-refractivity contribution in [3.05, 3.63) is 35.3 Å². The van der Waals surface area contributed by atoms with Gasteiger partial charge >= 0.3 is 0 Å². The lowest BCUT2D eigenvalue weighted by molar-refractivity contribution is 0.340. The average Bonchev–Trinajstić information content (AvgIpc) is 2.80. The van der Waals surface area contributed by atoms with Crippen LogP contribution < -0.4 is 10.1 Å². The molecular formula is C13H16N2OS. The summed E-state index contributed by atoms with van der Waals surface area (Å²) >= 11 is 1.72. The van der Waals surface area contributed by atoms with Gasteiger partial charge in [-0.2, -0.15) is 0 Å². The van der Waals surface area contributed by atoms with Crippen LogP contribution in [0.5, 0.6) is 5.75 Å². The van der Waals surface area contributed by atoms with E-state index in [0.717, 1.165) is 22.9 Å². The number of rotatable bonds is 5. The van der Waals surface area contributed by atoms with Crippen LogP contribution in [0.1, 0.15) is 11.8 Å². The maximum atomic E-state index is 5.41. The maximum absolute atomic E-state index is 5.41. The van der Waals surface area contributed by atoms with Crippen molar-refractivity contribution in [3.63, 3.8) is 0 Å². The molecule has 0 saturated carbocycles. The van der Waals surface area contributed by atoms with Crippen LogP contribution in [0.2, 0.25) is 0 Å². The summed E-state index contributed by atoms with van der Waals surface area (Å²) in [5.41, 5.74) is 1.14. The van der Waals surface area contributed by atoms with E-state index in [1.807, 2.05) is 44.4 Å². The van der Waals surface area contributed by atoms with Gasteiger partial charge in [-0.1, -0.05) is 0 Å². The molecule has 0 spiro atoms. The predicted octanol–water partition coefficient (Wildman–Crippen LogP) is 2.93. The molecule has 4 heteroatoms. The fourth-order valence-electron chi connectivity index (χ4n) is 1.56. The van der Waals surface area contributed by atoms with Crippen molar-refractivity contribution in [2.24, 2.45) is 0 Å². The highest BCUT2D eigenvalue weighted by molar-refractivity contribution is 7.15. The van der Waals surface area contributed by atoms with Crippen LogP contribution in [-0.2, 0) is 6.54 Å². The van der Waals surface area contributed by atoms with E-state index in [2.05, 4.69) is 10.3 Å². The first-order valence-electron chi connectivity index (χ1n) is 5.66. The minimum atomic E-state index is 0.697. The first-order chi connectivity index (χ1) is 8.33. The second kappa shape index (κ2) is 5.80. The lowest BCUT2D eigenvalue weighted by Crippen LogP contribution is -2.02. The van der Waals surface area contributed by atoms with Gasteiger partial charge < -0.3 is 10.1 Å². The third kappa shape index (κ3) is 3.05. The number of hydrogen-bond acceptors (Lipinski definition) is 4. The third-order valence-electron chi connectivity index (χ3n) is 2.32. The fourth-order valence-corrected chi connectivity index (χ4v) is 2.49. The Morgan fingerprint density at radius 3 is 2.71 bits per heavy atom. The monoisotopic (exact) mass is 248 g/mol. The van der Waals surface area contributed by atoms with Gasteiger partial charge in [-0.3, -0.25) is 0 Å². The molecule has 3 nitrogen and oxygen atoms in total. The van der Waals surface area contributed by atoms with E-state index < -0.39 is 0 Å². The molecule has 1 aromatic carbocycles. The maximum Gasteiger partial charge on any atom is 0.123 e. The Kier molecular flexibility index (Phi) is 4.12. The smallest absolute Gasteiger partial charge is 0.123 e. The summed E-state index contributed by atoms with van der Waals surface area (Å²) in [6.45, 7) is 3.55. The summed E-state index contributed by atoms with van der Waals surface area (Å²) < 4.78 is 5.41. The molecule has 2 aromatic rings. The van der Waals surface area contributed by atoms with Gasteiger partial charge in [0.25, 0.3) is 0 Å². The van der Waals surface area contributed by atoms with Gasteiger partial charge in [-0.15, -0.1) is 11.3 Å². The zero-order valence-corrected chi connectivity index (χ0v) is 10.9. The number of thiazole rings is 1. The van der Waals surface area contributed by atoms with Crippen molar-refractivity contribution < 1.29 is 4.74 Å². The Hall–Kier alpha value is -1.39. The van der Waals surface area contributed by atoms with Crippen molar-refractivity contribution in [1.82, 2.24) is 10.3 Å². The molecule has 0 saturated heterocycles. The Bertz CT molecular complexity index is 465. The quantitative estimate of drug-likeness (QED) is 0.883. The SMILES string of the molecule is CCOc1ccc(-c2ncc(CNC)s2)cc1.